The Morgan fingerprint density at radius 1 is 1.24 bits per heavy atom. The van der Waals surface area contributed by atoms with Crippen molar-refractivity contribution < 1.29 is 19.4 Å². The number of aryl methyl sites for hydroxylation is 1. The van der Waals surface area contributed by atoms with Crippen LogP contribution in [0.3, 0.4) is 0 Å². The summed E-state index contributed by atoms with van der Waals surface area (Å²) in [5, 5.41) is 13.2. The molecule has 7 nitrogen and oxygen atoms in total. The third-order valence-corrected chi connectivity index (χ3v) is 3.53. The minimum Gasteiger partial charge on any atom is -0.508 e. The smallest absolute Gasteiger partial charge is 0.335 e. The van der Waals surface area contributed by atoms with Crippen molar-refractivity contribution in [1.29, 1.82) is 0 Å². The van der Waals surface area contributed by atoms with Crippen LogP contribution in [0.2, 0.25) is 0 Å². The fourth-order valence-corrected chi connectivity index (χ4v) is 2.27. The molecule has 0 aliphatic heterocycles. The number of phenols is 1. The first-order chi connectivity index (χ1) is 11.9. The lowest BCUT2D eigenvalue weighted by Gasteiger charge is -2.18. The van der Waals surface area contributed by atoms with Gasteiger partial charge < -0.3 is 19.9 Å². The standard InChI is InChI=1S/C18H23N3O4/c1-4-24-17-7-5-6-15(20-18(23)21(3)19)14(17)11-25-16-9-8-13(22)10-12(16)2/h5-10,22H,4,11,19H2,1-3H3,(H,20,23). The molecular formula is C18H23N3O4. The van der Waals surface area contributed by atoms with Gasteiger partial charge in [0.25, 0.3) is 0 Å². The molecule has 7 heteroatoms. The number of hydrazine groups is 1. The van der Waals surface area contributed by atoms with Gasteiger partial charge in [0.05, 0.1) is 17.9 Å². The van der Waals surface area contributed by atoms with Crippen LogP contribution in [0.25, 0.3) is 0 Å². The minimum atomic E-state index is -0.448. The van der Waals surface area contributed by atoms with E-state index in [2.05, 4.69) is 5.32 Å². The van der Waals surface area contributed by atoms with E-state index in [4.69, 9.17) is 15.3 Å². The number of urea groups is 1. The number of nitrogens with two attached hydrogens (primary N) is 1. The maximum Gasteiger partial charge on any atom is 0.335 e. The molecular weight excluding hydrogens is 322 g/mol. The summed E-state index contributed by atoms with van der Waals surface area (Å²) >= 11 is 0. The van der Waals surface area contributed by atoms with E-state index in [0.29, 0.717) is 29.4 Å². The van der Waals surface area contributed by atoms with E-state index in [1.165, 1.54) is 7.05 Å². The molecule has 134 valence electrons. The molecule has 0 saturated carbocycles. The van der Waals surface area contributed by atoms with Crippen molar-refractivity contribution in [2.45, 2.75) is 20.5 Å². The molecule has 0 aliphatic rings. The lowest BCUT2D eigenvalue weighted by atomic mass is 10.1. The number of amides is 2. The molecule has 2 rings (SSSR count). The summed E-state index contributed by atoms with van der Waals surface area (Å²) in [6.07, 6.45) is 0. The van der Waals surface area contributed by atoms with Crippen molar-refractivity contribution in [3.8, 4) is 17.2 Å². The minimum absolute atomic E-state index is 0.179. The third-order valence-electron chi connectivity index (χ3n) is 3.53. The van der Waals surface area contributed by atoms with Crippen LogP contribution < -0.4 is 20.6 Å². The van der Waals surface area contributed by atoms with Gasteiger partial charge in [-0.2, -0.15) is 0 Å². The highest BCUT2D eigenvalue weighted by Gasteiger charge is 2.14. The average Bonchev–Trinajstić information content (AvgIpc) is 2.56. The molecule has 0 spiro atoms. The number of nitrogens with one attached hydrogen (secondary N) is 1. The van der Waals surface area contributed by atoms with E-state index in [9.17, 15) is 9.90 Å². The van der Waals surface area contributed by atoms with Gasteiger partial charge >= 0.3 is 6.03 Å². The Hall–Kier alpha value is -2.93. The van der Waals surface area contributed by atoms with Crippen LogP contribution in [-0.4, -0.2) is 29.8 Å². The van der Waals surface area contributed by atoms with Crippen LogP contribution in [0.5, 0.6) is 17.2 Å². The first kappa shape index (κ1) is 18.4. The molecule has 0 bridgehead atoms. The summed E-state index contributed by atoms with van der Waals surface area (Å²) < 4.78 is 11.5. The molecule has 2 aromatic rings. The fourth-order valence-electron chi connectivity index (χ4n) is 2.27. The fraction of sp³-hybridized carbons (Fsp3) is 0.278. The van der Waals surface area contributed by atoms with Gasteiger partial charge in [0, 0.05) is 7.05 Å². The van der Waals surface area contributed by atoms with Crippen LogP contribution >= 0.6 is 0 Å². The molecule has 25 heavy (non-hydrogen) atoms. The van der Waals surface area contributed by atoms with Crippen molar-refractivity contribution in [2.24, 2.45) is 5.84 Å². The summed E-state index contributed by atoms with van der Waals surface area (Å²) in [7, 11) is 1.46. The second kappa shape index (κ2) is 8.25. The van der Waals surface area contributed by atoms with Crippen molar-refractivity contribution in [1.82, 2.24) is 5.01 Å². The molecule has 4 N–H and O–H groups in total. The maximum atomic E-state index is 11.9. The lowest BCUT2D eigenvalue weighted by Crippen LogP contribution is -2.37. The first-order valence-electron chi connectivity index (χ1n) is 7.89. The predicted molar refractivity (Wildman–Crippen MR) is 95.8 cm³/mol. The number of nitrogens with zero attached hydrogens (tertiary/aromatic N) is 1. The number of hydrogen-bond acceptors (Lipinski definition) is 5. The first-order valence-corrected chi connectivity index (χ1v) is 7.89. The van der Waals surface area contributed by atoms with E-state index < -0.39 is 6.03 Å². The highest BCUT2D eigenvalue weighted by molar-refractivity contribution is 5.90. The predicted octanol–water partition coefficient (Wildman–Crippen LogP) is 3.02. The monoisotopic (exact) mass is 345 g/mol. The number of rotatable bonds is 6. The Bertz CT molecular complexity index is 747. The van der Waals surface area contributed by atoms with Crippen molar-refractivity contribution >= 4 is 11.7 Å². The summed E-state index contributed by atoms with van der Waals surface area (Å²) in [4.78, 5) is 11.9. The second-order valence-electron chi connectivity index (χ2n) is 5.49. The summed E-state index contributed by atoms with van der Waals surface area (Å²) in [6, 6.07) is 9.78. The zero-order valence-electron chi connectivity index (χ0n) is 14.6. The number of carbonyl (C=O) groups is 1. The maximum absolute atomic E-state index is 11.9. The number of benzene rings is 2. The third kappa shape index (κ3) is 4.77. The van der Waals surface area contributed by atoms with Crippen molar-refractivity contribution in [2.75, 3.05) is 19.0 Å². The molecule has 0 saturated heterocycles. The molecule has 0 aromatic heterocycles. The molecule has 2 amide bonds. The highest BCUT2D eigenvalue weighted by Crippen LogP contribution is 2.30. The Morgan fingerprint density at radius 3 is 2.64 bits per heavy atom. The number of carbonyl (C=O) groups excluding carboxylic acids is 1. The van der Waals surface area contributed by atoms with Crippen LogP contribution in [0.1, 0.15) is 18.1 Å². The van der Waals surface area contributed by atoms with Gasteiger partial charge in [0.1, 0.15) is 23.9 Å². The number of hydrogen-bond donors (Lipinski definition) is 3. The van der Waals surface area contributed by atoms with Crippen molar-refractivity contribution in [3.63, 3.8) is 0 Å². The molecule has 0 unspecified atom stereocenters. The molecule has 0 fully saturated rings. The van der Waals surface area contributed by atoms with E-state index in [1.807, 2.05) is 19.9 Å². The van der Waals surface area contributed by atoms with Gasteiger partial charge in [-0.3, -0.25) is 5.01 Å². The van der Waals surface area contributed by atoms with E-state index in [0.717, 1.165) is 10.6 Å². The van der Waals surface area contributed by atoms with Gasteiger partial charge in [-0.25, -0.2) is 10.6 Å². The largest absolute Gasteiger partial charge is 0.508 e. The Kier molecular flexibility index (Phi) is 6.08. The quantitative estimate of drug-likeness (QED) is 0.425. The van der Waals surface area contributed by atoms with Gasteiger partial charge in [0.15, 0.2) is 0 Å². The summed E-state index contributed by atoms with van der Waals surface area (Å²) in [5.74, 6) is 6.90. The van der Waals surface area contributed by atoms with E-state index in [-0.39, 0.29) is 12.4 Å². The SMILES string of the molecule is CCOc1cccc(NC(=O)N(C)N)c1COc1ccc(O)cc1C. The van der Waals surface area contributed by atoms with Crippen LogP contribution in [0.4, 0.5) is 10.5 Å². The normalized spacial score (nSPS) is 10.2. The van der Waals surface area contributed by atoms with E-state index >= 15 is 0 Å². The average molecular weight is 345 g/mol. The van der Waals surface area contributed by atoms with Crippen LogP contribution in [-0.2, 0) is 6.61 Å². The number of ether oxygens (including phenoxy) is 2. The zero-order valence-corrected chi connectivity index (χ0v) is 14.6. The topological polar surface area (TPSA) is 97.1 Å². The van der Waals surface area contributed by atoms with Crippen LogP contribution in [0.15, 0.2) is 36.4 Å². The Labute approximate surface area is 146 Å². The number of phenolic OH excluding ortho intramolecular Hbond substituents is 1. The van der Waals surface area contributed by atoms with Gasteiger partial charge in [-0.05, 0) is 49.7 Å². The molecule has 0 atom stereocenters. The number of aromatic hydroxyl groups is 1. The van der Waals surface area contributed by atoms with Gasteiger partial charge in [-0.15, -0.1) is 0 Å². The number of anilines is 1. The zero-order chi connectivity index (χ0) is 18.4. The summed E-state index contributed by atoms with van der Waals surface area (Å²) in [5.41, 5.74) is 2.07. The molecule has 0 radical (unpaired) electrons. The highest BCUT2D eigenvalue weighted by atomic mass is 16.5. The second-order valence-corrected chi connectivity index (χ2v) is 5.49. The Morgan fingerprint density at radius 2 is 2.00 bits per heavy atom. The lowest BCUT2D eigenvalue weighted by molar-refractivity contribution is 0.223. The van der Waals surface area contributed by atoms with Gasteiger partial charge in [-0.1, -0.05) is 6.07 Å². The van der Waals surface area contributed by atoms with Crippen LogP contribution in [0, 0.1) is 6.92 Å². The molecule has 0 aliphatic carbocycles. The molecule has 0 heterocycles. The molecule has 2 aromatic carbocycles. The van der Waals surface area contributed by atoms with E-state index in [1.54, 1.807) is 30.3 Å². The Balaban J connectivity index is 2.27. The van der Waals surface area contributed by atoms with Crippen molar-refractivity contribution in [3.05, 3.63) is 47.5 Å². The van der Waals surface area contributed by atoms with Gasteiger partial charge in [0.2, 0.25) is 0 Å². The summed E-state index contributed by atoms with van der Waals surface area (Å²) in [6.45, 7) is 4.40.